The lowest BCUT2D eigenvalue weighted by molar-refractivity contribution is 0.275. The zero-order valence-corrected chi connectivity index (χ0v) is 16.0. The van der Waals surface area contributed by atoms with Crippen molar-refractivity contribution < 1.29 is 0 Å². The number of aryl methyl sites for hydroxylation is 2. The predicted octanol–water partition coefficient (Wildman–Crippen LogP) is 2.97. The Morgan fingerprint density at radius 1 is 1.08 bits per heavy atom. The topological polar surface area (TPSA) is 47.1 Å². The molecule has 0 bridgehead atoms. The first-order valence-electron chi connectivity index (χ1n) is 8.69. The van der Waals surface area contributed by atoms with Gasteiger partial charge in [0.2, 0.25) is 0 Å². The van der Waals surface area contributed by atoms with Crippen molar-refractivity contribution >= 4 is 12.4 Å². The van der Waals surface area contributed by atoms with E-state index in [0.717, 1.165) is 38.9 Å². The Morgan fingerprint density at radius 2 is 1.79 bits per heavy atom. The summed E-state index contributed by atoms with van der Waals surface area (Å²) in [5.74, 6) is 0. The van der Waals surface area contributed by atoms with Crippen LogP contribution in [0.3, 0.4) is 0 Å². The van der Waals surface area contributed by atoms with Crippen LogP contribution in [0, 0.1) is 0 Å². The summed E-state index contributed by atoms with van der Waals surface area (Å²) in [4.78, 5) is 2.46. The highest BCUT2D eigenvalue weighted by Crippen LogP contribution is 2.18. The Morgan fingerprint density at radius 3 is 2.38 bits per heavy atom. The molecule has 0 aliphatic rings. The molecule has 1 aromatic carbocycles. The Bertz CT molecular complexity index is 595. The third kappa shape index (κ3) is 5.33. The molecule has 1 aromatic heterocycles. The molecule has 134 valence electrons. The SMILES string of the molecule is CCc1nn(C)c(CC)c1CN(CCN)CCc1ccccc1.Cl. The summed E-state index contributed by atoms with van der Waals surface area (Å²) in [5.41, 5.74) is 11.2. The molecule has 0 fully saturated rings. The van der Waals surface area contributed by atoms with Gasteiger partial charge in [-0.2, -0.15) is 5.10 Å². The highest BCUT2D eigenvalue weighted by Gasteiger charge is 2.16. The van der Waals surface area contributed by atoms with E-state index in [2.05, 4.69) is 56.1 Å². The van der Waals surface area contributed by atoms with Crippen molar-refractivity contribution in [2.45, 2.75) is 39.7 Å². The van der Waals surface area contributed by atoms with Crippen molar-refractivity contribution in [2.75, 3.05) is 19.6 Å². The highest BCUT2D eigenvalue weighted by molar-refractivity contribution is 5.85. The van der Waals surface area contributed by atoms with Crippen LogP contribution < -0.4 is 5.73 Å². The minimum absolute atomic E-state index is 0. The van der Waals surface area contributed by atoms with Crippen molar-refractivity contribution in [3.63, 3.8) is 0 Å². The van der Waals surface area contributed by atoms with E-state index in [1.54, 1.807) is 0 Å². The van der Waals surface area contributed by atoms with Crippen LogP contribution in [0.15, 0.2) is 30.3 Å². The molecule has 1 heterocycles. The fourth-order valence-corrected chi connectivity index (χ4v) is 3.18. The maximum absolute atomic E-state index is 5.84. The Hall–Kier alpha value is -1.36. The van der Waals surface area contributed by atoms with Gasteiger partial charge >= 0.3 is 0 Å². The summed E-state index contributed by atoms with van der Waals surface area (Å²) in [6.07, 6.45) is 3.07. The molecule has 0 aliphatic carbocycles. The number of aromatic nitrogens is 2. The van der Waals surface area contributed by atoms with Crippen molar-refractivity contribution in [2.24, 2.45) is 12.8 Å². The molecule has 5 heteroatoms. The van der Waals surface area contributed by atoms with E-state index in [-0.39, 0.29) is 12.4 Å². The maximum Gasteiger partial charge on any atom is 0.0669 e. The van der Waals surface area contributed by atoms with Crippen molar-refractivity contribution in [1.29, 1.82) is 0 Å². The van der Waals surface area contributed by atoms with Crippen LogP contribution in [-0.2, 0) is 32.9 Å². The number of hydrogen-bond donors (Lipinski definition) is 1. The monoisotopic (exact) mass is 350 g/mol. The van der Waals surface area contributed by atoms with E-state index in [4.69, 9.17) is 10.8 Å². The first-order valence-corrected chi connectivity index (χ1v) is 8.69. The first-order chi connectivity index (χ1) is 11.2. The average molecular weight is 351 g/mol. The van der Waals surface area contributed by atoms with Gasteiger partial charge in [-0.1, -0.05) is 44.2 Å². The van der Waals surface area contributed by atoms with Crippen LogP contribution in [0.1, 0.15) is 36.4 Å². The van der Waals surface area contributed by atoms with Gasteiger partial charge < -0.3 is 5.73 Å². The summed E-state index contributed by atoms with van der Waals surface area (Å²) in [6, 6.07) is 10.7. The fourth-order valence-electron chi connectivity index (χ4n) is 3.18. The highest BCUT2D eigenvalue weighted by atomic mass is 35.5. The van der Waals surface area contributed by atoms with Crippen LogP contribution in [0.2, 0.25) is 0 Å². The van der Waals surface area contributed by atoms with Gasteiger partial charge in [-0.3, -0.25) is 9.58 Å². The molecule has 0 radical (unpaired) electrons. The largest absolute Gasteiger partial charge is 0.329 e. The molecular weight excluding hydrogens is 320 g/mol. The van der Waals surface area contributed by atoms with Gasteiger partial charge in [-0.25, -0.2) is 0 Å². The third-order valence-corrected chi connectivity index (χ3v) is 4.41. The lowest BCUT2D eigenvalue weighted by atomic mass is 10.1. The smallest absolute Gasteiger partial charge is 0.0669 e. The van der Waals surface area contributed by atoms with E-state index in [1.165, 1.54) is 22.5 Å². The number of hydrogen-bond acceptors (Lipinski definition) is 3. The van der Waals surface area contributed by atoms with Gasteiger partial charge in [-0.05, 0) is 24.8 Å². The molecule has 0 atom stereocenters. The number of rotatable bonds is 9. The summed E-state index contributed by atoms with van der Waals surface area (Å²) in [6.45, 7) is 7.98. The molecule has 2 N–H and O–H groups in total. The Kier molecular flexibility index (Phi) is 9.04. The minimum atomic E-state index is 0. The number of nitrogens with two attached hydrogens (primary N) is 1. The predicted molar refractivity (Wildman–Crippen MR) is 104 cm³/mol. The molecule has 4 nitrogen and oxygen atoms in total. The van der Waals surface area contributed by atoms with E-state index in [0.29, 0.717) is 6.54 Å². The van der Waals surface area contributed by atoms with Gasteiger partial charge in [0.25, 0.3) is 0 Å². The molecule has 0 spiro atoms. The van der Waals surface area contributed by atoms with Crippen LogP contribution in [0.25, 0.3) is 0 Å². The fraction of sp³-hybridized carbons (Fsp3) is 0.526. The normalized spacial score (nSPS) is 10.9. The van der Waals surface area contributed by atoms with Crippen LogP contribution >= 0.6 is 12.4 Å². The zero-order valence-electron chi connectivity index (χ0n) is 15.2. The average Bonchev–Trinajstić information content (AvgIpc) is 2.88. The molecule has 2 aromatic rings. The zero-order chi connectivity index (χ0) is 16.7. The standard InChI is InChI=1S/C19H30N4.ClH/c1-4-18-17(19(5-2)22(3)21-18)15-23(14-12-20)13-11-16-9-7-6-8-10-16;/h6-10H,4-5,11-15,20H2,1-3H3;1H. The molecule has 2 rings (SSSR count). The number of benzene rings is 1. The molecule has 0 saturated carbocycles. The molecule has 0 amide bonds. The van der Waals surface area contributed by atoms with Gasteiger partial charge in [0.05, 0.1) is 5.69 Å². The molecule has 24 heavy (non-hydrogen) atoms. The van der Waals surface area contributed by atoms with E-state index < -0.39 is 0 Å². The summed E-state index contributed by atoms with van der Waals surface area (Å²) in [7, 11) is 2.05. The van der Waals surface area contributed by atoms with E-state index >= 15 is 0 Å². The molecular formula is C19H31ClN4. The summed E-state index contributed by atoms with van der Waals surface area (Å²) >= 11 is 0. The maximum atomic E-state index is 5.84. The van der Waals surface area contributed by atoms with Gasteiger partial charge in [0.1, 0.15) is 0 Å². The lowest BCUT2D eigenvalue weighted by Gasteiger charge is -2.22. The Labute approximate surface area is 152 Å². The first kappa shape index (κ1) is 20.7. The summed E-state index contributed by atoms with van der Waals surface area (Å²) in [5, 5.41) is 4.69. The van der Waals surface area contributed by atoms with Crippen molar-refractivity contribution in [3.8, 4) is 0 Å². The summed E-state index contributed by atoms with van der Waals surface area (Å²) < 4.78 is 2.05. The molecule has 0 saturated heterocycles. The second-order valence-electron chi connectivity index (χ2n) is 6.00. The van der Waals surface area contributed by atoms with E-state index in [1.807, 2.05) is 4.68 Å². The van der Waals surface area contributed by atoms with Crippen LogP contribution in [0.5, 0.6) is 0 Å². The molecule has 0 aliphatic heterocycles. The number of halogens is 1. The van der Waals surface area contributed by atoms with Crippen LogP contribution in [0.4, 0.5) is 0 Å². The van der Waals surface area contributed by atoms with Crippen molar-refractivity contribution in [3.05, 3.63) is 52.8 Å². The van der Waals surface area contributed by atoms with Gasteiger partial charge in [0, 0.05) is 44.5 Å². The van der Waals surface area contributed by atoms with Gasteiger partial charge in [-0.15, -0.1) is 12.4 Å². The van der Waals surface area contributed by atoms with Crippen LogP contribution in [-0.4, -0.2) is 34.3 Å². The minimum Gasteiger partial charge on any atom is -0.329 e. The van der Waals surface area contributed by atoms with Gasteiger partial charge in [0.15, 0.2) is 0 Å². The Balaban J connectivity index is 0.00000288. The third-order valence-electron chi connectivity index (χ3n) is 4.41. The number of nitrogens with zero attached hydrogens (tertiary/aromatic N) is 3. The van der Waals surface area contributed by atoms with E-state index in [9.17, 15) is 0 Å². The van der Waals surface area contributed by atoms with Crippen molar-refractivity contribution in [1.82, 2.24) is 14.7 Å². The lowest BCUT2D eigenvalue weighted by Crippen LogP contribution is -2.31. The quantitative estimate of drug-likeness (QED) is 0.756. The second-order valence-corrected chi connectivity index (χ2v) is 6.00. The molecule has 0 unspecified atom stereocenters. The second kappa shape index (κ2) is 10.5.